The second kappa shape index (κ2) is 6.51. The van der Waals surface area contributed by atoms with Crippen LogP contribution in [0, 0.1) is 0 Å². The van der Waals surface area contributed by atoms with Gasteiger partial charge in [-0.25, -0.2) is 8.42 Å². The van der Waals surface area contributed by atoms with E-state index in [0.717, 1.165) is 0 Å². The maximum absolute atomic E-state index is 12.4. The fourth-order valence-corrected chi connectivity index (χ4v) is 4.00. The van der Waals surface area contributed by atoms with Crippen LogP contribution in [-0.4, -0.2) is 39.5 Å². The van der Waals surface area contributed by atoms with Gasteiger partial charge < -0.3 is 10.5 Å². The monoisotopic (exact) mass is 336 g/mol. The zero-order chi connectivity index (χ0) is 13.8. The zero-order valence-corrected chi connectivity index (χ0v) is 12.8. The van der Waals surface area contributed by atoms with Crippen LogP contribution in [0.2, 0.25) is 0 Å². The highest BCUT2D eigenvalue weighted by atomic mass is 79.9. The number of nitrogens with zero attached hydrogens (tertiary/aromatic N) is 1. The molecular formula is C11H17BrN2O3S. The van der Waals surface area contributed by atoms with Gasteiger partial charge in [-0.15, -0.1) is 0 Å². The molecule has 0 saturated carbocycles. The average molecular weight is 337 g/mol. The summed E-state index contributed by atoms with van der Waals surface area (Å²) in [6.07, 6.45) is 0. The molecule has 0 aliphatic carbocycles. The molecule has 18 heavy (non-hydrogen) atoms. The number of ether oxygens (including phenoxy) is 1. The molecule has 1 rings (SSSR count). The highest BCUT2D eigenvalue weighted by molar-refractivity contribution is 9.10. The van der Waals surface area contributed by atoms with E-state index in [1.165, 1.54) is 10.4 Å². The Bertz CT molecular complexity index is 505. The van der Waals surface area contributed by atoms with Crippen LogP contribution in [0.4, 0.5) is 5.69 Å². The largest absolute Gasteiger partial charge is 0.399 e. The van der Waals surface area contributed by atoms with Crippen molar-refractivity contribution < 1.29 is 13.2 Å². The van der Waals surface area contributed by atoms with Gasteiger partial charge in [0, 0.05) is 30.4 Å². The number of methoxy groups -OCH3 is 1. The summed E-state index contributed by atoms with van der Waals surface area (Å²) < 4.78 is 31.6. The van der Waals surface area contributed by atoms with Crippen molar-refractivity contribution in [2.45, 2.75) is 11.8 Å². The van der Waals surface area contributed by atoms with E-state index < -0.39 is 10.0 Å². The number of hydrogen-bond acceptors (Lipinski definition) is 4. The maximum Gasteiger partial charge on any atom is 0.244 e. The summed E-state index contributed by atoms with van der Waals surface area (Å²) in [5.74, 6) is 0. The van der Waals surface area contributed by atoms with Crippen molar-refractivity contribution in [2.75, 3.05) is 32.5 Å². The number of sulfonamides is 1. The number of rotatable bonds is 6. The van der Waals surface area contributed by atoms with Crippen LogP contribution in [0.25, 0.3) is 0 Å². The molecule has 7 heteroatoms. The summed E-state index contributed by atoms with van der Waals surface area (Å²) in [5.41, 5.74) is 6.12. The molecule has 0 saturated heterocycles. The van der Waals surface area contributed by atoms with E-state index in [2.05, 4.69) is 15.9 Å². The van der Waals surface area contributed by atoms with Crippen molar-refractivity contribution >= 4 is 31.6 Å². The number of halogens is 1. The predicted molar refractivity (Wildman–Crippen MR) is 74.9 cm³/mol. The first-order valence-electron chi connectivity index (χ1n) is 5.47. The molecule has 1 aromatic rings. The lowest BCUT2D eigenvalue weighted by Crippen LogP contribution is -2.33. The Balaban J connectivity index is 3.10. The molecule has 0 amide bonds. The summed E-state index contributed by atoms with van der Waals surface area (Å²) in [5, 5.41) is 0. The third kappa shape index (κ3) is 3.44. The fourth-order valence-electron chi connectivity index (χ4n) is 1.51. The third-order valence-electron chi connectivity index (χ3n) is 2.47. The summed E-state index contributed by atoms with van der Waals surface area (Å²) in [6, 6.07) is 4.66. The second-order valence-electron chi connectivity index (χ2n) is 3.68. The van der Waals surface area contributed by atoms with E-state index in [1.54, 1.807) is 26.2 Å². The Morgan fingerprint density at radius 3 is 2.61 bits per heavy atom. The van der Waals surface area contributed by atoms with Crippen molar-refractivity contribution in [3.8, 4) is 0 Å². The first kappa shape index (κ1) is 15.4. The standard InChI is InChI=1S/C11H17BrN2O3S/c1-3-14(6-7-17-2)18(15,16)11-5-4-9(13)8-10(11)12/h4-5,8H,3,6-7,13H2,1-2H3. The minimum Gasteiger partial charge on any atom is -0.399 e. The molecule has 0 aliphatic rings. The van der Waals surface area contributed by atoms with Crippen molar-refractivity contribution in [3.63, 3.8) is 0 Å². The highest BCUT2D eigenvalue weighted by Crippen LogP contribution is 2.26. The Morgan fingerprint density at radius 1 is 1.44 bits per heavy atom. The van der Waals surface area contributed by atoms with Gasteiger partial charge in [0.2, 0.25) is 10.0 Å². The van der Waals surface area contributed by atoms with Gasteiger partial charge in [-0.3, -0.25) is 0 Å². The lowest BCUT2D eigenvalue weighted by atomic mass is 10.3. The first-order valence-corrected chi connectivity index (χ1v) is 7.71. The second-order valence-corrected chi connectivity index (χ2v) is 6.44. The molecule has 5 nitrogen and oxygen atoms in total. The van der Waals surface area contributed by atoms with Gasteiger partial charge in [0.25, 0.3) is 0 Å². The molecular weight excluding hydrogens is 320 g/mol. The van der Waals surface area contributed by atoms with E-state index in [0.29, 0.717) is 29.9 Å². The van der Waals surface area contributed by atoms with E-state index in [-0.39, 0.29) is 4.90 Å². The number of hydrogen-bond donors (Lipinski definition) is 1. The Kier molecular flexibility index (Phi) is 5.58. The minimum atomic E-state index is -3.52. The molecule has 0 heterocycles. The first-order chi connectivity index (χ1) is 8.43. The van der Waals surface area contributed by atoms with Gasteiger partial charge in [-0.2, -0.15) is 4.31 Å². The third-order valence-corrected chi connectivity index (χ3v) is 5.42. The Morgan fingerprint density at radius 2 is 2.11 bits per heavy atom. The van der Waals surface area contributed by atoms with Crippen molar-refractivity contribution in [3.05, 3.63) is 22.7 Å². The normalized spacial score (nSPS) is 12.0. The van der Waals surface area contributed by atoms with Crippen LogP contribution in [0.1, 0.15) is 6.92 Å². The molecule has 0 atom stereocenters. The summed E-state index contributed by atoms with van der Waals surface area (Å²) in [4.78, 5) is 0.217. The topological polar surface area (TPSA) is 72.6 Å². The SMILES string of the molecule is CCN(CCOC)S(=O)(=O)c1ccc(N)cc1Br. The van der Waals surface area contributed by atoms with Crippen LogP contribution in [0.5, 0.6) is 0 Å². The minimum absolute atomic E-state index is 0.217. The average Bonchev–Trinajstić information content (AvgIpc) is 2.29. The molecule has 0 radical (unpaired) electrons. The highest BCUT2D eigenvalue weighted by Gasteiger charge is 2.24. The quantitative estimate of drug-likeness (QED) is 0.802. The molecule has 0 fully saturated rings. The molecule has 0 bridgehead atoms. The van der Waals surface area contributed by atoms with Crippen molar-refractivity contribution in [1.82, 2.24) is 4.31 Å². The predicted octanol–water partition coefficient (Wildman–Crippen LogP) is 1.69. The number of nitrogen functional groups attached to an aromatic ring is 1. The molecule has 2 N–H and O–H groups in total. The molecule has 0 unspecified atom stereocenters. The maximum atomic E-state index is 12.4. The number of benzene rings is 1. The van der Waals surface area contributed by atoms with Gasteiger partial charge in [0.15, 0.2) is 0 Å². The van der Waals surface area contributed by atoms with Crippen LogP contribution < -0.4 is 5.73 Å². The number of anilines is 1. The number of nitrogens with two attached hydrogens (primary N) is 1. The van der Waals surface area contributed by atoms with E-state index in [4.69, 9.17) is 10.5 Å². The van der Waals surface area contributed by atoms with Crippen molar-refractivity contribution in [2.24, 2.45) is 0 Å². The molecule has 0 aromatic heterocycles. The summed E-state index contributed by atoms with van der Waals surface area (Å²) in [6.45, 7) is 2.87. The Labute approximate surface area is 116 Å². The lowest BCUT2D eigenvalue weighted by Gasteiger charge is -2.20. The Hall–Kier alpha value is -0.630. The van der Waals surface area contributed by atoms with E-state index >= 15 is 0 Å². The molecule has 1 aromatic carbocycles. The number of likely N-dealkylation sites (N-methyl/N-ethyl adjacent to an activating group) is 1. The van der Waals surface area contributed by atoms with Crippen LogP contribution in [-0.2, 0) is 14.8 Å². The summed E-state index contributed by atoms with van der Waals surface area (Å²) >= 11 is 3.23. The van der Waals surface area contributed by atoms with E-state index in [9.17, 15) is 8.42 Å². The fraction of sp³-hybridized carbons (Fsp3) is 0.455. The van der Waals surface area contributed by atoms with Crippen LogP contribution in [0.3, 0.4) is 0 Å². The van der Waals surface area contributed by atoms with Gasteiger partial charge in [0.05, 0.1) is 11.5 Å². The lowest BCUT2D eigenvalue weighted by molar-refractivity contribution is 0.180. The van der Waals surface area contributed by atoms with Gasteiger partial charge in [-0.05, 0) is 34.1 Å². The van der Waals surface area contributed by atoms with E-state index in [1.807, 2.05) is 0 Å². The van der Waals surface area contributed by atoms with Crippen molar-refractivity contribution in [1.29, 1.82) is 0 Å². The summed E-state index contributed by atoms with van der Waals surface area (Å²) in [7, 11) is -1.98. The van der Waals surface area contributed by atoms with Gasteiger partial charge in [0.1, 0.15) is 0 Å². The van der Waals surface area contributed by atoms with Crippen LogP contribution in [0.15, 0.2) is 27.6 Å². The smallest absolute Gasteiger partial charge is 0.244 e. The van der Waals surface area contributed by atoms with Gasteiger partial charge in [-0.1, -0.05) is 6.92 Å². The molecule has 102 valence electrons. The van der Waals surface area contributed by atoms with Crippen LogP contribution >= 0.6 is 15.9 Å². The van der Waals surface area contributed by atoms with Gasteiger partial charge >= 0.3 is 0 Å². The zero-order valence-electron chi connectivity index (χ0n) is 10.4. The molecule has 0 spiro atoms. The molecule has 0 aliphatic heterocycles.